The molecule has 3 heteroatoms. The standard InChI is InChI=1S/C17H28N2O/c1-5-6-7-12-18-16(20)13-19-15-10-8-14(9-11-15)17(2,3)4/h8-11,19H,5-7,12-13H2,1-4H3,(H,18,20). The molecule has 0 heterocycles. The van der Waals surface area contributed by atoms with Crippen LogP contribution in [0.15, 0.2) is 24.3 Å². The highest BCUT2D eigenvalue weighted by Crippen LogP contribution is 2.23. The minimum atomic E-state index is 0.0565. The lowest BCUT2D eigenvalue weighted by Gasteiger charge is -2.19. The summed E-state index contributed by atoms with van der Waals surface area (Å²) in [5.74, 6) is 0.0565. The van der Waals surface area contributed by atoms with Crippen LogP contribution in [0.1, 0.15) is 52.5 Å². The molecule has 0 unspecified atom stereocenters. The summed E-state index contributed by atoms with van der Waals surface area (Å²) in [6.07, 6.45) is 3.40. The molecule has 0 saturated heterocycles. The Kier molecular flexibility index (Phi) is 6.56. The number of hydrogen-bond acceptors (Lipinski definition) is 2. The minimum absolute atomic E-state index is 0.0565. The fraction of sp³-hybridized carbons (Fsp3) is 0.588. The van der Waals surface area contributed by atoms with Crippen molar-refractivity contribution < 1.29 is 4.79 Å². The van der Waals surface area contributed by atoms with E-state index in [9.17, 15) is 4.79 Å². The summed E-state index contributed by atoms with van der Waals surface area (Å²) in [5, 5.41) is 6.07. The van der Waals surface area contributed by atoms with E-state index >= 15 is 0 Å². The first-order valence-electron chi connectivity index (χ1n) is 7.54. The second kappa shape index (κ2) is 7.93. The van der Waals surface area contributed by atoms with E-state index < -0.39 is 0 Å². The number of carbonyl (C=O) groups is 1. The number of nitrogens with one attached hydrogen (secondary N) is 2. The lowest BCUT2D eigenvalue weighted by Crippen LogP contribution is -2.30. The molecule has 1 aromatic carbocycles. The molecule has 0 fully saturated rings. The van der Waals surface area contributed by atoms with Gasteiger partial charge < -0.3 is 10.6 Å². The van der Waals surface area contributed by atoms with Crippen molar-refractivity contribution >= 4 is 11.6 Å². The normalized spacial score (nSPS) is 11.2. The van der Waals surface area contributed by atoms with Crippen LogP contribution in [0.2, 0.25) is 0 Å². The number of unbranched alkanes of at least 4 members (excludes halogenated alkanes) is 2. The molecule has 0 aliphatic rings. The third-order valence-electron chi connectivity index (χ3n) is 3.31. The van der Waals surface area contributed by atoms with Crippen molar-refractivity contribution in [1.82, 2.24) is 5.32 Å². The van der Waals surface area contributed by atoms with Gasteiger partial charge in [-0.3, -0.25) is 4.79 Å². The van der Waals surface area contributed by atoms with Crippen LogP contribution in [0.4, 0.5) is 5.69 Å². The minimum Gasteiger partial charge on any atom is -0.376 e. The number of hydrogen-bond donors (Lipinski definition) is 2. The molecule has 1 rings (SSSR count). The van der Waals surface area contributed by atoms with Gasteiger partial charge in [0.2, 0.25) is 5.91 Å². The average molecular weight is 276 g/mol. The summed E-state index contributed by atoms with van der Waals surface area (Å²) in [7, 11) is 0. The fourth-order valence-electron chi connectivity index (χ4n) is 1.94. The Bertz CT molecular complexity index is 404. The van der Waals surface area contributed by atoms with Crippen LogP contribution in [0, 0.1) is 0 Å². The zero-order chi connectivity index (χ0) is 15.0. The summed E-state index contributed by atoms with van der Waals surface area (Å²) in [6.45, 7) is 9.85. The summed E-state index contributed by atoms with van der Waals surface area (Å²) >= 11 is 0. The highest BCUT2D eigenvalue weighted by molar-refractivity contribution is 5.80. The van der Waals surface area contributed by atoms with Gasteiger partial charge in [0.25, 0.3) is 0 Å². The Morgan fingerprint density at radius 3 is 2.30 bits per heavy atom. The van der Waals surface area contributed by atoms with E-state index in [1.54, 1.807) is 0 Å². The van der Waals surface area contributed by atoms with Gasteiger partial charge in [-0.25, -0.2) is 0 Å². The van der Waals surface area contributed by atoms with Gasteiger partial charge in [-0.15, -0.1) is 0 Å². The van der Waals surface area contributed by atoms with E-state index in [-0.39, 0.29) is 11.3 Å². The number of benzene rings is 1. The molecule has 0 aliphatic carbocycles. The first kappa shape index (κ1) is 16.5. The second-order valence-corrected chi connectivity index (χ2v) is 6.24. The molecular weight excluding hydrogens is 248 g/mol. The largest absolute Gasteiger partial charge is 0.376 e. The van der Waals surface area contributed by atoms with Gasteiger partial charge in [0, 0.05) is 12.2 Å². The van der Waals surface area contributed by atoms with E-state index in [0.717, 1.165) is 18.7 Å². The number of anilines is 1. The van der Waals surface area contributed by atoms with Crippen molar-refractivity contribution in [2.24, 2.45) is 0 Å². The van der Waals surface area contributed by atoms with E-state index in [1.165, 1.54) is 18.4 Å². The molecular formula is C17H28N2O. The maximum absolute atomic E-state index is 11.6. The molecule has 1 amide bonds. The monoisotopic (exact) mass is 276 g/mol. The summed E-state index contributed by atoms with van der Waals surface area (Å²) < 4.78 is 0. The van der Waals surface area contributed by atoms with Crippen LogP contribution >= 0.6 is 0 Å². The van der Waals surface area contributed by atoms with Gasteiger partial charge in [0.15, 0.2) is 0 Å². The average Bonchev–Trinajstić information content (AvgIpc) is 2.41. The number of rotatable bonds is 7. The zero-order valence-electron chi connectivity index (χ0n) is 13.3. The molecule has 0 saturated carbocycles. The smallest absolute Gasteiger partial charge is 0.239 e. The number of amides is 1. The van der Waals surface area contributed by atoms with Crippen LogP contribution in [0.3, 0.4) is 0 Å². The predicted octanol–water partition coefficient (Wildman–Crippen LogP) is 3.70. The Hall–Kier alpha value is -1.51. The van der Waals surface area contributed by atoms with Gasteiger partial charge in [0.1, 0.15) is 0 Å². The third kappa shape index (κ3) is 6.09. The molecule has 0 bridgehead atoms. The molecule has 112 valence electrons. The van der Waals surface area contributed by atoms with Crippen molar-refractivity contribution in [2.75, 3.05) is 18.4 Å². The van der Waals surface area contributed by atoms with Crippen LogP contribution in [-0.2, 0) is 10.2 Å². The molecule has 0 aliphatic heterocycles. The molecule has 2 N–H and O–H groups in total. The van der Waals surface area contributed by atoms with Gasteiger partial charge in [-0.1, -0.05) is 52.7 Å². The molecule has 0 radical (unpaired) electrons. The van der Waals surface area contributed by atoms with Crippen LogP contribution in [0.5, 0.6) is 0 Å². The molecule has 20 heavy (non-hydrogen) atoms. The lowest BCUT2D eigenvalue weighted by atomic mass is 9.87. The van der Waals surface area contributed by atoms with Gasteiger partial charge in [-0.05, 0) is 29.5 Å². The fourth-order valence-corrected chi connectivity index (χ4v) is 1.94. The topological polar surface area (TPSA) is 41.1 Å². The van der Waals surface area contributed by atoms with Gasteiger partial charge in [0.05, 0.1) is 6.54 Å². The molecule has 0 aromatic heterocycles. The Labute approximate surface area is 123 Å². The highest BCUT2D eigenvalue weighted by Gasteiger charge is 2.12. The van der Waals surface area contributed by atoms with Gasteiger partial charge in [-0.2, -0.15) is 0 Å². The predicted molar refractivity (Wildman–Crippen MR) is 86.2 cm³/mol. The Morgan fingerprint density at radius 1 is 1.10 bits per heavy atom. The summed E-state index contributed by atoms with van der Waals surface area (Å²) in [6, 6.07) is 8.29. The molecule has 0 spiro atoms. The maximum Gasteiger partial charge on any atom is 0.239 e. The first-order valence-corrected chi connectivity index (χ1v) is 7.54. The van der Waals surface area contributed by atoms with Gasteiger partial charge >= 0.3 is 0 Å². The van der Waals surface area contributed by atoms with E-state index in [1.807, 2.05) is 12.1 Å². The van der Waals surface area contributed by atoms with Crippen molar-refractivity contribution in [3.05, 3.63) is 29.8 Å². The van der Waals surface area contributed by atoms with Crippen molar-refractivity contribution in [3.8, 4) is 0 Å². The quantitative estimate of drug-likeness (QED) is 0.746. The van der Waals surface area contributed by atoms with Crippen LogP contribution in [-0.4, -0.2) is 19.0 Å². The molecule has 1 aromatic rings. The number of carbonyl (C=O) groups excluding carboxylic acids is 1. The van der Waals surface area contributed by atoms with Crippen LogP contribution in [0.25, 0.3) is 0 Å². The second-order valence-electron chi connectivity index (χ2n) is 6.24. The third-order valence-corrected chi connectivity index (χ3v) is 3.31. The van der Waals surface area contributed by atoms with E-state index in [2.05, 4.69) is 50.5 Å². The Balaban J connectivity index is 2.33. The summed E-state index contributed by atoms with van der Waals surface area (Å²) in [5.41, 5.74) is 2.45. The highest BCUT2D eigenvalue weighted by atomic mass is 16.1. The van der Waals surface area contributed by atoms with E-state index in [0.29, 0.717) is 6.54 Å². The molecule has 0 atom stereocenters. The van der Waals surface area contributed by atoms with E-state index in [4.69, 9.17) is 0 Å². The summed E-state index contributed by atoms with van der Waals surface area (Å²) in [4.78, 5) is 11.6. The Morgan fingerprint density at radius 2 is 1.75 bits per heavy atom. The first-order chi connectivity index (χ1) is 9.43. The van der Waals surface area contributed by atoms with Crippen molar-refractivity contribution in [2.45, 2.75) is 52.4 Å². The SMILES string of the molecule is CCCCCNC(=O)CNc1ccc(C(C)(C)C)cc1. The van der Waals surface area contributed by atoms with Crippen molar-refractivity contribution in [1.29, 1.82) is 0 Å². The maximum atomic E-state index is 11.6. The lowest BCUT2D eigenvalue weighted by molar-refractivity contribution is -0.119. The van der Waals surface area contributed by atoms with Crippen molar-refractivity contribution in [3.63, 3.8) is 0 Å². The molecule has 3 nitrogen and oxygen atoms in total. The van der Waals surface area contributed by atoms with Crippen LogP contribution < -0.4 is 10.6 Å². The zero-order valence-corrected chi connectivity index (χ0v) is 13.3.